The van der Waals surface area contributed by atoms with Crippen LogP contribution in [0, 0.1) is 28.6 Å². The van der Waals surface area contributed by atoms with E-state index in [-0.39, 0.29) is 22.5 Å². The Morgan fingerprint density at radius 2 is 1.44 bits per heavy atom. The molecule has 1 spiro atoms. The first-order valence-electron chi connectivity index (χ1n) is 11.8. The first-order chi connectivity index (χ1) is 16.6. The van der Waals surface area contributed by atoms with Gasteiger partial charge in [0.25, 0.3) is 5.92 Å². The quantitative estimate of drug-likeness (QED) is 0.249. The first kappa shape index (κ1) is 27.8. The van der Waals surface area contributed by atoms with Crippen LogP contribution in [0.25, 0.3) is 0 Å². The van der Waals surface area contributed by atoms with Crippen LogP contribution in [0.5, 0.6) is 0 Å². The molecule has 4 aliphatic carbocycles. The zero-order valence-electron chi connectivity index (χ0n) is 20.0. The number of hydrogen-bond acceptors (Lipinski definition) is 8. The van der Waals surface area contributed by atoms with Gasteiger partial charge in [0.15, 0.2) is 6.61 Å². The molecule has 0 radical (unpaired) electrons. The number of alkyl halides is 5. The Bertz CT molecular complexity index is 878. The summed E-state index contributed by atoms with van der Waals surface area (Å²) < 4.78 is 79.1. The van der Waals surface area contributed by atoms with Gasteiger partial charge in [-0.3, -0.25) is 9.59 Å². The summed E-state index contributed by atoms with van der Waals surface area (Å²) in [5, 5.41) is 0. The molecule has 6 nitrogen and oxygen atoms in total. The van der Waals surface area contributed by atoms with Crippen molar-refractivity contribution in [1.82, 2.24) is 0 Å². The number of thioether (sulfide) groups is 2. The third-order valence-corrected chi connectivity index (χ3v) is 12.2. The SMILES string of the molecule is CC(=O)OCC1(COC(=O)C(F)(F)F)CSC2(SC1)C1CC3CC2CC(C(=O)OCC(C)(F)F)(C3)C1. The van der Waals surface area contributed by atoms with E-state index in [2.05, 4.69) is 4.74 Å². The lowest BCUT2D eigenvalue weighted by Crippen LogP contribution is -2.62. The number of rotatable bonds is 7. The molecule has 0 aromatic rings. The molecule has 13 heteroatoms. The molecule has 1 aliphatic heterocycles. The van der Waals surface area contributed by atoms with Gasteiger partial charge < -0.3 is 14.2 Å². The van der Waals surface area contributed by atoms with Crippen molar-refractivity contribution in [3.63, 3.8) is 0 Å². The van der Waals surface area contributed by atoms with Gasteiger partial charge in [-0.25, -0.2) is 13.6 Å². The fourth-order valence-corrected chi connectivity index (χ4v) is 10.5. The fourth-order valence-electron chi connectivity index (χ4n) is 6.37. The van der Waals surface area contributed by atoms with Crippen LogP contribution in [0.2, 0.25) is 0 Å². The minimum Gasteiger partial charge on any atom is -0.465 e. The standard InChI is InChI=1S/C23H29F5O6S2/c1-13(29)32-9-20(10-34-18(31)23(26,27)28)11-35-22(36-12-20)15-3-14-4-16(22)7-21(5-14,6-15)17(30)33-8-19(2,24)25/h14-16H,3-12H2,1-2H3. The maximum Gasteiger partial charge on any atom is 0.490 e. The Kier molecular flexibility index (Phi) is 7.33. The van der Waals surface area contributed by atoms with Gasteiger partial charge in [-0.15, -0.1) is 23.5 Å². The van der Waals surface area contributed by atoms with Crippen molar-refractivity contribution < 1.29 is 50.5 Å². The second-order valence-electron chi connectivity index (χ2n) is 10.9. The van der Waals surface area contributed by atoms with Crippen molar-refractivity contribution in [1.29, 1.82) is 0 Å². The van der Waals surface area contributed by atoms with Crippen molar-refractivity contribution in [2.45, 2.75) is 62.1 Å². The van der Waals surface area contributed by atoms with E-state index in [9.17, 15) is 36.3 Å². The van der Waals surface area contributed by atoms with E-state index in [0.29, 0.717) is 43.6 Å². The minimum absolute atomic E-state index is 0.109. The van der Waals surface area contributed by atoms with E-state index in [1.807, 2.05) is 0 Å². The highest BCUT2D eigenvalue weighted by Crippen LogP contribution is 2.72. The predicted molar refractivity (Wildman–Crippen MR) is 121 cm³/mol. The van der Waals surface area contributed by atoms with Crippen LogP contribution in [0.1, 0.15) is 46.0 Å². The van der Waals surface area contributed by atoms with E-state index in [4.69, 9.17) is 9.47 Å². The zero-order chi connectivity index (χ0) is 26.6. The second kappa shape index (κ2) is 9.50. The number of hydrogen-bond donors (Lipinski definition) is 0. The van der Waals surface area contributed by atoms with Crippen LogP contribution in [0.3, 0.4) is 0 Å². The molecule has 4 bridgehead atoms. The molecule has 0 aromatic heterocycles. The first-order valence-corrected chi connectivity index (χ1v) is 13.8. The largest absolute Gasteiger partial charge is 0.490 e. The van der Waals surface area contributed by atoms with Crippen LogP contribution in [0.4, 0.5) is 22.0 Å². The van der Waals surface area contributed by atoms with Gasteiger partial charge in [0, 0.05) is 25.4 Å². The lowest BCUT2D eigenvalue weighted by atomic mass is 9.49. The van der Waals surface area contributed by atoms with Crippen molar-refractivity contribution in [3.05, 3.63) is 0 Å². The highest BCUT2D eigenvalue weighted by atomic mass is 32.2. The number of esters is 3. The summed E-state index contributed by atoms with van der Waals surface area (Å²) in [6, 6.07) is 0. The summed E-state index contributed by atoms with van der Waals surface area (Å²) in [5.74, 6) is -5.39. The lowest BCUT2D eigenvalue weighted by Gasteiger charge is -2.65. The molecule has 0 aromatic carbocycles. The van der Waals surface area contributed by atoms with Gasteiger partial charge in [-0.1, -0.05) is 0 Å². The van der Waals surface area contributed by atoms with Gasteiger partial charge in [-0.2, -0.15) is 13.2 Å². The molecule has 0 N–H and O–H groups in total. The Hall–Kier alpha value is -1.24. The molecule has 1 heterocycles. The molecular weight excluding hydrogens is 531 g/mol. The van der Waals surface area contributed by atoms with E-state index >= 15 is 0 Å². The summed E-state index contributed by atoms with van der Waals surface area (Å²) in [6.45, 7) is 0.248. The van der Waals surface area contributed by atoms with Gasteiger partial charge in [0.1, 0.15) is 13.2 Å². The molecule has 5 fully saturated rings. The Labute approximate surface area is 214 Å². The van der Waals surface area contributed by atoms with Gasteiger partial charge in [-0.05, 0) is 49.9 Å². The normalized spacial score (nSPS) is 37.6. The lowest BCUT2D eigenvalue weighted by molar-refractivity contribution is -0.202. The third kappa shape index (κ3) is 5.47. The minimum atomic E-state index is -5.12. The molecule has 5 aliphatic rings. The smallest absolute Gasteiger partial charge is 0.465 e. The molecule has 4 saturated carbocycles. The molecule has 2 atom stereocenters. The van der Waals surface area contributed by atoms with E-state index in [1.165, 1.54) is 6.92 Å². The second-order valence-corrected chi connectivity index (χ2v) is 13.7. The molecule has 5 rings (SSSR count). The predicted octanol–water partition coefficient (Wildman–Crippen LogP) is 4.84. The van der Waals surface area contributed by atoms with Gasteiger partial charge in [0.2, 0.25) is 0 Å². The molecule has 1 saturated heterocycles. The van der Waals surface area contributed by atoms with E-state index in [1.54, 1.807) is 23.5 Å². The maximum atomic E-state index is 13.3. The summed E-state index contributed by atoms with van der Waals surface area (Å²) in [7, 11) is 0. The average Bonchev–Trinajstić information content (AvgIpc) is 2.77. The maximum absolute atomic E-state index is 13.3. The Morgan fingerprint density at radius 3 is 1.94 bits per heavy atom. The van der Waals surface area contributed by atoms with Gasteiger partial charge in [0.05, 0.1) is 14.9 Å². The average molecular weight is 561 g/mol. The molecular formula is C23H29F5O6S2. The number of ether oxygens (including phenoxy) is 3. The molecule has 204 valence electrons. The van der Waals surface area contributed by atoms with E-state index < -0.39 is 54.1 Å². The highest BCUT2D eigenvalue weighted by Gasteiger charge is 2.67. The van der Waals surface area contributed by atoms with Crippen molar-refractivity contribution in [2.24, 2.45) is 28.6 Å². The van der Waals surface area contributed by atoms with Crippen LogP contribution in [-0.4, -0.2) is 65.4 Å². The fraction of sp³-hybridized carbons (Fsp3) is 0.870. The zero-order valence-corrected chi connectivity index (χ0v) is 21.6. The Balaban J connectivity index is 1.47. The van der Waals surface area contributed by atoms with Crippen LogP contribution in [-0.2, 0) is 28.6 Å². The summed E-state index contributed by atoms with van der Waals surface area (Å²) >= 11 is 3.15. The summed E-state index contributed by atoms with van der Waals surface area (Å²) in [6.07, 6.45) is -1.68. The number of halogens is 5. The van der Waals surface area contributed by atoms with Crippen molar-refractivity contribution >= 4 is 41.4 Å². The number of carbonyl (C=O) groups is 3. The highest BCUT2D eigenvalue weighted by molar-refractivity contribution is 8.18. The van der Waals surface area contributed by atoms with Crippen LogP contribution >= 0.6 is 23.5 Å². The Morgan fingerprint density at radius 1 is 0.889 bits per heavy atom. The van der Waals surface area contributed by atoms with Crippen LogP contribution in [0.15, 0.2) is 0 Å². The number of carbonyl (C=O) groups excluding carboxylic acids is 3. The van der Waals surface area contributed by atoms with Crippen molar-refractivity contribution in [2.75, 3.05) is 31.3 Å². The third-order valence-electron chi connectivity index (χ3n) is 7.75. The molecule has 2 unspecified atom stereocenters. The van der Waals surface area contributed by atoms with Gasteiger partial charge >= 0.3 is 24.1 Å². The van der Waals surface area contributed by atoms with E-state index in [0.717, 1.165) is 12.8 Å². The molecule has 36 heavy (non-hydrogen) atoms. The topological polar surface area (TPSA) is 78.9 Å². The van der Waals surface area contributed by atoms with Crippen molar-refractivity contribution in [3.8, 4) is 0 Å². The summed E-state index contributed by atoms with van der Waals surface area (Å²) in [5.41, 5.74) is -1.76. The molecule has 0 amide bonds. The monoisotopic (exact) mass is 560 g/mol. The summed E-state index contributed by atoms with van der Waals surface area (Å²) in [4.78, 5) is 35.7. The van der Waals surface area contributed by atoms with Crippen LogP contribution < -0.4 is 0 Å².